The van der Waals surface area contributed by atoms with Crippen molar-refractivity contribution in [3.63, 3.8) is 0 Å². The van der Waals surface area contributed by atoms with Crippen LogP contribution in [0.3, 0.4) is 0 Å². The molecule has 2 heterocycles. The Hall–Kier alpha value is -0.835. The first kappa shape index (κ1) is 16.6. The van der Waals surface area contributed by atoms with Crippen molar-refractivity contribution in [3.05, 3.63) is 29.8 Å². The van der Waals surface area contributed by atoms with Gasteiger partial charge in [-0.15, -0.1) is 0 Å². The maximum atomic E-state index is 6.17. The number of hydrogen-bond acceptors (Lipinski definition) is 3. The zero-order chi connectivity index (χ0) is 17.0. The average molecular weight is 327 g/mol. The molecule has 2 aliphatic heterocycles. The average Bonchev–Trinajstić information content (AvgIpc) is 2.76. The summed E-state index contributed by atoms with van der Waals surface area (Å²) in [7, 11) is -0.252. The van der Waals surface area contributed by atoms with Gasteiger partial charge in [-0.05, 0) is 88.8 Å². The van der Waals surface area contributed by atoms with Gasteiger partial charge in [-0.1, -0.05) is 24.3 Å². The van der Waals surface area contributed by atoms with E-state index in [1.54, 1.807) is 0 Å². The van der Waals surface area contributed by atoms with Crippen molar-refractivity contribution < 1.29 is 9.31 Å². The lowest BCUT2D eigenvalue weighted by Gasteiger charge is -2.52. The van der Waals surface area contributed by atoms with Crippen molar-refractivity contribution >= 4 is 12.6 Å². The summed E-state index contributed by atoms with van der Waals surface area (Å²) in [6, 6.07) is 9.05. The molecule has 1 unspecified atom stereocenters. The first-order valence-corrected chi connectivity index (χ1v) is 9.49. The Bertz CT molecular complexity index is 589. The molecule has 24 heavy (non-hydrogen) atoms. The molecule has 1 aromatic rings. The second-order valence-corrected chi connectivity index (χ2v) is 8.96. The molecule has 4 heteroatoms. The molecule has 1 aromatic carbocycles. The smallest absolute Gasteiger partial charge is 0.399 e. The molecular formula is C20H30BNO2. The highest BCUT2D eigenvalue weighted by molar-refractivity contribution is 6.62. The predicted molar refractivity (Wildman–Crippen MR) is 98.7 cm³/mol. The maximum absolute atomic E-state index is 6.17. The Morgan fingerprint density at radius 1 is 0.917 bits per heavy atom. The Balaban J connectivity index is 1.50. The Morgan fingerprint density at radius 2 is 1.50 bits per heavy atom. The van der Waals surface area contributed by atoms with Crippen LogP contribution in [-0.2, 0) is 9.31 Å². The van der Waals surface area contributed by atoms with E-state index in [0.717, 1.165) is 11.4 Å². The van der Waals surface area contributed by atoms with Gasteiger partial charge in [0, 0.05) is 0 Å². The molecule has 1 saturated carbocycles. The SMILES string of the molecule is CC1(C)OB(c2ccc(C3CCC34CCNCC4)cc2)OC1(C)C. The van der Waals surface area contributed by atoms with E-state index in [4.69, 9.17) is 9.31 Å². The summed E-state index contributed by atoms with van der Waals surface area (Å²) < 4.78 is 12.3. The van der Waals surface area contributed by atoms with Crippen molar-refractivity contribution in [1.29, 1.82) is 0 Å². The van der Waals surface area contributed by atoms with Crippen molar-refractivity contribution in [2.24, 2.45) is 5.41 Å². The molecule has 1 spiro atoms. The third-order valence-electron chi connectivity index (χ3n) is 7.13. The lowest BCUT2D eigenvalue weighted by molar-refractivity contribution is 0.00578. The largest absolute Gasteiger partial charge is 0.494 e. The Morgan fingerprint density at radius 3 is 2.00 bits per heavy atom. The van der Waals surface area contributed by atoms with E-state index in [9.17, 15) is 0 Å². The normalized spacial score (nSPS) is 30.3. The number of rotatable bonds is 2. The second-order valence-electron chi connectivity index (χ2n) is 8.96. The van der Waals surface area contributed by atoms with E-state index in [1.807, 2.05) is 0 Å². The molecule has 2 saturated heterocycles. The fraction of sp³-hybridized carbons (Fsp3) is 0.700. The summed E-state index contributed by atoms with van der Waals surface area (Å²) in [6.07, 6.45) is 5.40. The number of nitrogens with one attached hydrogen (secondary N) is 1. The molecule has 0 bridgehead atoms. The predicted octanol–water partition coefficient (Wildman–Crippen LogP) is 3.23. The number of hydrogen-bond donors (Lipinski definition) is 1. The highest BCUT2D eigenvalue weighted by atomic mass is 16.7. The van der Waals surface area contributed by atoms with E-state index >= 15 is 0 Å². The van der Waals surface area contributed by atoms with Gasteiger partial charge in [0.05, 0.1) is 11.2 Å². The molecule has 0 aromatic heterocycles. The molecule has 3 fully saturated rings. The Kier molecular flexibility index (Phi) is 3.87. The van der Waals surface area contributed by atoms with E-state index < -0.39 is 0 Å². The van der Waals surface area contributed by atoms with Crippen LogP contribution in [-0.4, -0.2) is 31.4 Å². The standard InChI is InChI=1S/C20H30BNO2/c1-18(2)19(3,4)24-21(23-18)16-7-5-15(6-8-16)17-9-10-20(17)11-13-22-14-12-20/h5-8,17,22H,9-14H2,1-4H3. The van der Waals surface area contributed by atoms with Gasteiger partial charge < -0.3 is 14.6 Å². The summed E-state index contributed by atoms with van der Waals surface area (Å²) in [4.78, 5) is 0. The van der Waals surface area contributed by atoms with Crippen LogP contribution in [0.1, 0.15) is 64.9 Å². The van der Waals surface area contributed by atoms with E-state index in [0.29, 0.717) is 5.41 Å². The minimum absolute atomic E-state index is 0.252. The van der Waals surface area contributed by atoms with Gasteiger partial charge in [0.1, 0.15) is 0 Å². The van der Waals surface area contributed by atoms with Crippen molar-refractivity contribution in [3.8, 4) is 0 Å². The minimum Gasteiger partial charge on any atom is -0.399 e. The number of benzene rings is 1. The summed E-state index contributed by atoms with van der Waals surface area (Å²) in [5, 5.41) is 3.51. The second kappa shape index (κ2) is 5.58. The molecule has 4 rings (SSSR count). The third-order valence-corrected chi connectivity index (χ3v) is 7.13. The topological polar surface area (TPSA) is 30.5 Å². The molecule has 1 atom stereocenters. The lowest BCUT2D eigenvalue weighted by Crippen LogP contribution is -2.46. The fourth-order valence-electron chi connectivity index (χ4n) is 4.60. The highest BCUT2D eigenvalue weighted by Crippen LogP contribution is 2.57. The maximum Gasteiger partial charge on any atom is 0.494 e. The molecule has 3 nitrogen and oxygen atoms in total. The zero-order valence-corrected chi connectivity index (χ0v) is 15.5. The summed E-state index contributed by atoms with van der Waals surface area (Å²) in [5.74, 6) is 0.743. The van der Waals surface area contributed by atoms with Gasteiger partial charge >= 0.3 is 7.12 Å². The Labute approximate surface area is 146 Å². The quantitative estimate of drug-likeness (QED) is 0.846. The number of piperidine rings is 1. The zero-order valence-electron chi connectivity index (χ0n) is 15.5. The van der Waals surface area contributed by atoms with Gasteiger partial charge in [-0.2, -0.15) is 0 Å². The highest BCUT2D eigenvalue weighted by Gasteiger charge is 2.52. The van der Waals surface area contributed by atoms with Gasteiger partial charge in [-0.25, -0.2) is 0 Å². The van der Waals surface area contributed by atoms with Crippen molar-refractivity contribution in [2.45, 2.75) is 70.5 Å². The molecule has 1 N–H and O–H groups in total. The van der Waals surface area contributed by atoms with E-state index in [-0.39, 0.29) is 18.3 Å². The molecule has 3 aliphatic rings. The molecule has 0 amide bonds. The molecule has 1 aliphatic carbocycles. The first-order chi connectivity index (χ1) is 11.3. The summed E-state index contributed by atoms with van der Waals surface area (Å²) in [6.45, 7) is 10.8. The minimum atomic E-state index is -0.274. The van der Waals surface area contributed by atoms with E-state index in [2.05, 4.69) is 57.3 Å². The van der Waals surface area contributed by atoms with Gasteiger partial charge in [0.25, 0.3) is 0 Å². The van der Waals surface area contributed by atoms with Crippen molar-refractivity contribution in [1.82, 2.24) is 5.32 Å². The lowest BCUT2D eigenvalue weighted by atomic mass is 9.54. The van der Waals surface area contributed by atoms with Crippen LogP contribution in [0.5, 0.6) is 0 Å². The summed E-state index contributed by atoms with van der Waals surface area (Å²) >= 11 is 0. The van der Waals surface area contributed by atoms with Crippen LogP contribution in [0, 0.1) is 5.41 Å². The van der Waals surface area contributed by atoms with Crippen LogP contribution in [0.4, 0.5) is 0 Å². The monoisotopic (exact) mass is 327 g/mol. The fourth-order valence-corrected chi connectivity index (χ4v) is 4.60. The van der Waals surface area contributed by atoms with Crippen LogP contribution < -0.4 is 10.8 Å². The molecule has 0 radical (unpaired) electrons. The van der Waals surface area contributed by atoms with Crippen LogP contribution in [0.15, 0.2) is 24.3 Å². The molecular weight excluding hydrogens is 297 g/mol. The van der Waals surface area contributed by atoms with Crippen LogP contribution in [0.2, 0.25) is 0 Å². The van der Waals surface area contributed by atoms with Gasteiger partial charge in [0.15, 0.2) is 0 Å². The first-order valence-electron chi connectivity index (χ1n) is 9.49. The van der Waals surface area contributed by atoms with E-state index in [1.165, 1.54) is 44.3 Å². The van der Waals surface area contributed by atoms with Crippen molar-refractivity contribution in [2.75, 3.05) is 13.1 Å². The summed E-state index contributed by atoms with van der Waals surface area (Å²) in [5.41, 5.74) is 2.66. The van der Waals surface area contributed by atoms with Gasteiger partial charge in [0.2, 0.25) is 0 Å². The van der Waals surface area contributed by atoms with Crippen LogP contribution in [0.25, 0.3) is 0 Å². The third kappa shape index (κ3) is 2.54. The molecule has 130 valence electrons. The van der Waals surface area contributed by atoms with Gasteiger partial charge in [-0.3, -0.25) is 0 Å². The van der Waals surface area contributed by atoms with Crippen LogP contribution >= 0.6 is 0 Å².